The highest BCUT2D eigenvalue weighted by atomic mass is 32.2. The van der Waals surface area contributed by atoms with Gasteiger partial charge in [-0.15, -0.1) is 0 Å². The Kier molecular flexibility index (Phi) is 11.1. The van der Waals surface area contributed by atoms with Crippen LogP contribution in [0.25, 0.3) is 0 Å². The van der Waals surface area contributed by atoms with Gasteiger partial charge >= 0.3 is 0 Å². The van der Waals surface area contributed by atoms with Crippen molar-refractivity contribution in [2.24, 2.45) is 0 Å². The summed E-state index contributed by atoms with van der Waals surface area (Å²) in [5, 5.41) is 3.10. The van der Waals surface area contributed by atoms with Crippen molar-refractivity contribution in [2.45, 2.75) is 64.3 Å². The average molecular weight is 608 g/mol. The van der Waals surface area contributed by atoms with E-state index < -0.39 is 28.5 Å². The van der Waals surface area contributed by atoms with Crippen molar-refractivity contribution < 1.29 is 27.5 Å². The molecule has 10 heteroatoms. The molecule has 1 fully saturated rings. The first-order chi connectivity index (χ1) is 20.6. The van der Waals surface area contributed by atoms with Gasteiger partial charge in [0.05, 0.1) is 19.1 Å². The highest BCUT2D eigenvalue weighted by Gasteiger charge is 2.31. The maximum absolute atomic E-state index is 13.9. The van der Waals surface area contributed by atoms with Gasteiger partial charge in [-0.05, 0) is 67.3 Å². The van der Waals surface area contributed by atoms with E-state index in [0.717, 1.165) is 53.8 Å². The van der Waals surface area contributed by atoms with Gasteiger partial charge in [-0.2, -0.15) is 0 Å². The van der Waals surface area contributed by atoms with Crippen molar-refractivity contribution in [3.63, 3.8) is 0 Å². The maximum Gasteiger partial charge on any atom is 0.244 e. The summed E-state index contributed by atoms with van der Waals surface area (Å²) in [5.74, 6) is 0.502. The summed E-state index contributed by atoms with van der Waals surface area (Å²) in [4.78, 5) is 28.6. The maximum atomic E-state index is 13.9. The fourth-order valence-corrected chi connectivity index (χ4v) is 5.99. The summed E-state index contributed by atoms with van der Waals surface area (Å²) in [7, 11) is -2.26. The van der Waals surface area contributed by atoms with Crippen molar-refractivity contribution in [3.05, 3.63) is 90.0 Å². The lowest BCUT2D eigenvalue weighted by Gasteiger charge is -2.33. The number of nitrogens with one attached hydrogen (secondary N) is 1. The fourth-order valence-electron chi connectivity index (χ4n) is 5.14. The Bertz CT molecular complexity index is 1440. The first-order valence-electron chi connectivity index (χ1n) is 14.6. The molecule has 1 aliphatic rings. The molecule has 9 nitrogen and oxygen atoms in total. The van der Waals surface area contributed by atoms with E-state index in [2.05, 4.69) is 5.32 Å². The topological polar surface area (TPSA) is 105 Å². The van der Waals surface area contributed by atoms with Crippen LogP contribution in [-0.2, 0) is 32.8 Å². The summed E-state index contributed by atoms with van der Waals surface area (Å²) in [6.07, 6.45) is 6.18. The van der Waals surface area contributed by atoms with Crippen molar-refractivity contribution in [3.8, 4) is 11.5 Å². The van der Waals surface area contributed by atoms with Crippen LogP contribution in [0.2, 0.25) is 0 Å². The molecule has 0 spiro atoms. The summed E-state index contributed by atoms with van der Waals surface area (Å²) in [6, 6.07) is 22.8. The van der Waals surface area contributed by atoms with Gasteiger partial charge in [-0.1, -0.05) is 61.7 Å². The van der Waals surface area contributed by atoms with Gasteiger partial charge in [0.2, 0.25) is 21.8 Å². The quantitative estimate of drug-likeness (QED) is 0.296. The molecule has 43 heavy (non-hydrogen) atoms. The zero-order valence-corrected chi connectivity index (χ0v) is 25.9. The summed E-state index contributed by atoms with van der Waals surface area (Å²) in [6.45, 7) is 1.73. The first kappa shape index (κ1) is 31.9. The Morgan fingerprint density at radius 1 is 0.884 bits per heavy atom. The van der Waals surface area contributed by atoms with Crippen LogP contribution in [0.3, 0.4) is 0 Å². The van der Waals surface area contributed by atoms with Crippen molar-refractivity contribution in [1.29, 1.82) is 0 Å². The van der Waals surface area contributed by atoms with E-state index >= 15 is 0 Å². The van der Waals surface area contributed by atoms with Gasteiger partial charge in [-0.3, -0.25) is 13.9 Å². The number of rotatable bonds is 13. The Hall–Kier alpha value is -4.05. The molecule has 0 heterocycles. The molecule has 4 rings (SSSR count). The Balaban J connectivity index is 1.52. The summed E-state index contributed by atoms with van der Waals surface area (Å²) < 4.78 is 38.0. The molecular formula is C33H41N3O6S. The molecule has 230 valence electrons. The molecule has 1 atom stereocenters. The SMILES string of the molecule is COc1ccc(CN(C(=O)CN(c2ccc(OCc3ccccc3)cc2)S(C)(=O)=O)[C@H](C)C(=O)NC2CCCCC2)cc1. The normalized spacial score (nSPS) is 14.4. The van der Waals surface area contributed by atoms with Gasteiger partial charge in [0.1, 0.15) is 30.7 Å². The van der Waals surface area contributed by atoms with Crippen molar-refractivity contribution in [1.82, 2.24) is 10.2 Å². The van der Waals surface area contributed by atoms with Crippen LogP contribution in [0, 0.1) is 0 Å². The van der Waals surface area contributed by atoms with Crippen LogP contribution in [-0.4, -0.2) is 57.1 Å². The Morgan fingerprint density at radius 2 is 1.51 bits per heavy atom. The van der Waals surface area contributed by atoms with Crippen LogP contribution in [0.15, 0.2) is 78.9 Å². The van der Waals surface area contributed by atoms with Gasteiger partial charge in [-0.25, -0.2) is 8.42 Å². The molecule has 2 amide bonds. The van der Waals surface area contributed by atoms with E-state index in [0.29, 0.717) is 23.8 Å². The Morgan fingerprint density at radius 3 is 2.12 bits per heavy atom. The minimum absolute atomic E-state index is 0.0804. The third-order valence-corrected chi connectivity index (χ3v) is 8.82. The number of ether oxygens (including phenoxy) is 2. The Labute approximate surface area is 254 Å². The molecule has 3 aromatic carbocycles. The molecule has 0 bridgehead atoms. The van der Waals surface area contributed by atoms with E-state index in [4.69, 9.17) is 9.47 Å². The standard InChI is InChI=1S/C33H41N3O6S/c1-25(33(38)34-28-12-8-5-9-13-28)35(22-26-14-18-30(41-2)19-15-26)32(37)23-36(43(3,39)40)29-16-20-31(21-17-29)42-24-27-10-6-4-7-11-27/h4,6-7,10-11,14-21,25,28H,5,8-9,12-13,22-24H2,1-3H3,(H,34,38)/t25-/m1/s1. The predicted molar refractivity (Wildman–Crippen MR) is 167 cm³/mol. The minimum atomic E-state index is -3.84. The molecule has 1 N–H and O–H groups in total. The third-order valence-electron chi connectivity index (χ3n) is 7.68. The van der Waals surface area contributed by atoms with E-state index in [-0.39, 0.29) is 18.5 Å². The minimum Gasteiger partial charge on any atom is -0.497 e. The molecule has 1 aliphatic carbocycles. The smallest absolute Gasteiger partial charge is 0.244 e. The fraction of sp³-hybridized carbons (Fsp3) is 0.394. The molecule has 0 aliphatic heterocycles. The highest BCUT2D eigenvalue weighted by Crippen LogP contribution is 2.24. The summed E-state index contributed by atoms with van der Waals surface area (Å²) >= 11 is 0. The van der Waals surface area contributed by atoms with Gasteiger partial charge in [0.15, 0.2) is 0 Å². The number of amides is 2. The summed E-state index contributed by atoms with van der Waals surface area (Å²) in [5.41, 5.74) is 2.12. The van der Waals surface area contributed by atoms with Crippen LogP contribution in [0.1, 0.15) is 50.2 Å². The lowest BCUT2D eigenvalue weighted by atomic mass is 9.95. The number of nitrogens with zero attached hydrogens (tertiary/aromatic N) is 2. The van der Waals surface area contributed by atoms with Gasteiger partial charge in [0, 0.05) is 12.6 Å². The zero-order valence-electron chi connectivity index (χ0n) is 25.1. The number of methoxy groups -OCH3 is 1. The average Bonchev–Trinajstić information content (AvgIpc) is 3.02. The molecule has 0 saturated heterocycles. The second-order valence-electron chi connectivity index (χ2n) is 10.9. The number of benzene rings is 3. The van der Waals surface area contributed by atoms with Crippen LogP contribution < -0.4 is 19.1 Å². The van der Waals surface area contributed by atoms with E-state index in [9.17, 15) is 18.0 Å². The molecule has 0 aromatic heterocycles. The van der Waals surface area contributed by atoms with E-state index in [1.807, 2.05) is 42.5 Å². The van der Waals surface area contributed by atoms with Crippen molar-refractivity contribution in [2.75, 3.05) is 24.2 Å². The number of sulfonamides is 1. The predicted octanol–water partition coefficient (Wildman–Crippen LogP) is 4.91. The number of carbonyl (C=O) groups is 2. The molecule has 3 aromatic rings. The number of carbonyl (C=O) groups excluding carboxylic acids is 2. The number of hydrogen-bond donors (Lipinski definition) is 1. The van der Waals surface area contributed by atoms with Crippen LogP contribution in [0.4, 0.5) is 5.69 Å². The molecule has 0 radical (unpaired) electrons. The molecule has 1 saturated carbocycles. The molecular weight excluding hydrogens is 566 g/mol. The molecule has 0 unspecified atom stereocenters. The third kappa shape index (κ3) is 9.22. The second-order valence-corrected chi connectivity index (χ2v) is 12.8. The lowest BCUT2D eigenvalue weighted by molar-refractivity contribution is -0.139. The van der Waals surface area contributed by atoms with Gasteiger partial charge in [0.25, 0.3) is 0 Å². The second kappa shape index (κ2) is 14.9. The van der Waals surface area contributed by atoms with Crippen LogP contribution >= 0.6 is 0 Å². The zero-order chi connectivity index (χ0) is 30.8. The highest BCUT2D eigenvalue weighted by molar-refractivity contribution is 7.92. The number of hydrogen-bond acceptors (Lipinski definition) is 6. The number of anilines is 1. The van der Waals surface area contributed by atoms with Crippen molar-refractivity contribution >= 4 is 27.5 Å². The largest absolute Gasteiger partial charge is 0.497 e. The van der Waals surface area contributed by atoms with E-state index in [1.165, 1.54) is 4.90 Å². The van der Waals surface area contributed by atoms with Crippen LogP contribution in [0.5, 0.6) is 11.5 Å². The monoisotopic (exact) mass is 607 g/mol. The van der Waals surface area contributed by atoms with E-state index in [1.54, 1.807) is 50.4 Å². The lowest BCUT2D eigenvalue weighted by Crippen LogP contribution is -2.52. The first-order valence-corrected chi connectivity index (χ1v) is 16.5. The van der Waals surface area contributed by atoms with Gasteiger partial charge < -0.3 is 19.7 Å².